The summed E-state index contributed by atoms with van der Waals surface area (Å²) in [6.07, 6.45) is 3.13. The molecule has 0 atom stereocenters. The number of halogens is 1. The molecule has 5 nitrogen and oxygen atoms in total. The summed E-state index contributed by atoms with van der Waals surface area (Å²) in [5, 5.41) is 10.5. The van der Waals surface area contributed by atoms with Gasteiger partial charge in [0.15, 0.2) is 4.67 Å². The summed E-state index contributed by atoms with van der Waals surface area (Å²) in [6.45, 7) is 0. The molecule has 0 saturated heterocycles. The lowest BCUT2D eigenvalue weighted by Gasteiger charge is -2.04. The topological polar surface area (TPSA) is 70.9 Å². The van der Waals surface area contributed by atoms with Gasteiger partial charge in [0.05, 0.1) is 29.2 Å². The standard InChI is InChI=1S/C12H8BrN3O2/c13-11-7(4-5-18-11)12(17)15-9-2-1-3-10-8(9)6-14-16-10/h1-6H,(H,14,16)(H,15,17). The molecule has 90 valence electrons. The Balaban J connectivity index is 1.95. The smallest absolute Gasteiger partial charge is 0.260 e. The maximum Gasteiger partial charge on any atom is 0.260 e. The number of aromatic nitrogens is 2. The van der Waals surface area contributed by atoms with E-state index in [4.69, 9.17) is 4.42 Å². The second-order valence-electron chi connectivity index (χ2n) is 3.70. The van der Waals surface area contributed by atoms with Gasteiger partial charge in [-0.15, -0.1) is 0 Å². The quantitative estimate of drug-likeness (QED) is 0.764. The van der Waals surface area contributed by atoms with Crippen molar-refractivity contribution in [3.05, 3.63) is 47.0 Å². The fourth-order valence-corrected chi connectivity index (χ4v) is 2.14. The van der Waals surface area contributed by atoms with Gasteiger partial charge in [-0.25, -0.2) is 0 Å². The maximum absolute atomic E-state index is 12.0. The molecule has 3 rings (SSSR count). The van der Waals surface area contributed by atoms with E-state index in [0.717, 1.165) is 10.9 Å². The van der Waals surface area contributed by atoms with Crippen molar-refractivity contribution in [3.63, 3.8) is 0 Å². The zero-order chi connectivity index (χ0) is 12.5. The highest BCUT2D eigenvalue weighted by atomic mass is 79.9. The predicted octanol–water partition coefficient (Wildman–Crippen LogP) is 3.17. The van der Waals surface area contributed by atoms with Crippen LogP contribution >= 0.6 is 15.9 Å². The summed E-state index contributed by atoms with van der Waals surface area (Å²) < 4.78 is 5.45. The van der Waals surface area contributed by atoms with Gasteiger partial charge in [-0.2, -0.15) is 5.10 Å². The van der Waals surface area contributed by atoms with Crippen LogP contribution in [0.1, 0.15) is 10.4 Å². The highest BCUT2D eigenvalue weighted by Gasteiger charge is 2.14. The molecule has 0 saturated carbocycles. The third-order valence-corrected chi connectivity index (χ3v) is 3.21. The van der Waals surface area contributed by atoms with Crippen molar-refractivity contribution in [2.75, 3.05) is 5.32 Å². The van der Waals surface area contributed by atoms with Crippen LogP contribution in [0.3, 0.4) is 0 Å². The summed E-state index contributed by atoms with van der Waals surface area (Å²) in [7, 11) is 0. The fourth-order valence-electron chi connectivity index (χ4n) is 1.72. The van der Waals surface area contributed by atoms with Crippen LogP contribution in [0.4, 0.5) is 5.69 Å². The number of fused-ring (bicyclic) bond motifs is 1. The molecule has 1 aromatic carbocycles. The number of anilines is 1. The number of carbonyl (C=O) groups is 1. The highest BCUT2D eigenvalue weighted by molar-refractivity contribution is 9.10. The number of rotatable bonds is 2. The number of H-pyrrole nitrogens is 1. The van der Waals surface area contributed by atoms with Crippen LogP contribution in [0.25, 0.3) is 10.9 Å². The van der Waals surface area contributed by atoms with Crippen molar-refractivity contribution < 1.29 is 9.21 Å². The molecule has 2 N–H and O–H groups in total. The Kier molecular flexibility index (Phi) is 2.64. The van der Waals surface area contributed by atoms with Crippen LogP contribution in [-0.2, 0) is 0 Å². The summed E-state index contributed by atoms with van der Waals surface area (Å²) in [5.74, 6) is -0.232. The third kappa shape index (κ3) is 1.80. The summed E-state index contributed by atoms with van der Waals surface area (Å²) in [6, 6.07) is 7.17. The Morgan fingerprint density at radius 3 is 3.06 bits per heavy atom. The van der Waals surface area contributed by atoms with Crippen LogP contribution in [0.5, 0.6) is 0 Å². The highest BCUT2D eigenvalue weighted by Crippen LogP contribution is 2.23. The van der Waals surface area contributed by atoms with E-state index in [-0.39, 0.29) is 5.91 Å². The molecular formula is C12H8BrN3O2. The molecule has 0 aliphatic heterocycles. The van der Waals surface area contributed by atoms with Gasteiger partial charge in [0.25, 0.3) is 5.91 Å². The first-order valence-corrected chi connectivity index (χ1v) is 6.01. The van der Waals surface area contributed by atoms with Crippen molar-refractivity contribution in [3.8, 4) is 0 Å². The van der Waals surface area contributed by atoms with Crippen molar-refractivity contribution in [1.29, 1.82) is 0 Å². The minimum absolute atomic E-state index is 0.232. The second kappa shape index (κ2) is 4.30. The van der Waals surface area contributed by atoms with Crippen molar-refractivity contribution in [1.82, 2.24) is 10.2 Å². The Morgan fingerprint density at radius 2 is 2.28 bits per heavy atom. The number of benzene rings is 1. The number of hydrogen-bond acceptors (Lipinski definition) is 3. The van der Waals surface area contributed by atoms with Gasteiger partial charge >= 0.3 is 0 Å². The van der Waals surface area contributed by atoms with Crippen LogP contribution in [-0.4, -0.2) is 16.1 Å². The molecule has 2 aromatic heterocycles. The normalized spacial score (nSPS) is 10.7. The van der Waals surface area contributed by atoms with E-state index in [1.165, 1.54) is 6.26 Å². The maximum atomic E-state index is 12.0. The largest absolute Gasteiger partial charge is 0.457 e. The first kappa shape index (κ1) is 11.0. The average Bonchev–Trinajstić information content (AvgIpc) is 2.97. The Morgan fingerprint density at radius 1 is 1.39 bits per heavy atom. The van der Waals surface area contributed by atoms with E-state index in [0.29, 0.717) is 15.9 Å². The predicted molar refractivity (Wildman–Crippen MR) is 70.5 cm³/mol. The van der Waals surface area contributed by atoms with Gasteiger partial charge in [-0.05, 0) is 34.1 Å². The summed E-state index contributed by atoms with van der Waals surface area (Å²) >= 11 is 3.18. The number of furan rings is 1. The Bertz CT molecular complexity index is 717. The zero-order valence-electron chi connectivity index (χ0n) is 9.11. The molecule has 2 heterocycles. The van der Waals surface area contributed by atoms with E-state index in [9.17, 15) is 4.79 Å². The lowest BCUT2D eigenvalue weighted by Crippen LogP contribution is -2.11. The molecule has 0 aliphatic rings. The number of aromatic amines is 1. The molecule has 6 heteroatoms. The van der Waals surface area contributed by atoms with Crippen molar-refractivity contribution in [2.24, 2.45) is 0 Å². The average molecular weight is 306 g/mol. The van der Waals surface area contributed by atoms with E-state index in [1.54, 1.807) is 12.3 Å². The van der Waals surface area contributed by atoms with Gasteiger partial charge < -0.3 is 9.73 Å². The van der Waals surface area contributed by atoms with E-state index in [2.05, 4.69) is 31.4 Å². The summed E-state index contributed by atoms with van der Waals surface area (Å²) in [4.78, 5) is 12.0. The number of hydrogen-bond donors (Lipinski definition) is 2. The molecule has 3 aromatic rings. The van der Waals surface area contributed by atoms with Crippen molar-refractivity contribution >= 4 is 38.4 Å². The number of nitrogens with zero attached hydrogens (tertiary/aromatic N) is 1. The lowest BCUT2D eigenvalue weighted by molar-refractivity contribution is 0.102. The molecule has 0 fully saturated rings. The summed E-state index contributed by atoms with van der Waals surface area (Å²) in [5.41, 5.74) is 2.04. The van der Waals surface area contributed by atoms with E-state index >= 15 is 0 Å². The minimum atomic E-state index is -0.232. The Hall–Kier alpha value is -2.08. The van der Waals surface area contributed by atoms with E-state index in [1.807, 2.05) is 18.2 Å². The van der Waals surface area contributed by atoms with Gasteiger partial charge in [0.1, 0.15) is 0 Å². The first-order valence-electron chi connectivity index (χ1n) is 5.22. The van der Waals surface area contributed by atoms with Gasteiger partial charge in [-0.1, -0.05) is 6.07 Å². The molecule has 0 spiro atoms. The van der Waals surface area contributed by atoms with E-state index < -0.39 is 0 Å². The molecule has 0 radical (unpaired) electrons. The fraction of sp³-hybridized carbons (Fsp3) is 0. The van der Waals surface area contributed by atoms with Gasteiger partial charge in [0, 0.05) is 5.39 Å². The molecule has 0 aliphatic carbocycles. The van der Waals surface area contributed by atoms with Crippen LogP contribution < -0.4 is 5.32 Å². The van der Waals surface area contributed by atoms with Crippen LogP contribution in [0, 0.1) is 0 Å². The van der Waals surface area contributed by atoms with Crippen LogP contribution in [0.2, 0.25) is 0 Å². The zero-order valence-corrected chi connectivity index (χ0v) is 10.7. The van der Waals surface area contributed by atoms with Crippen molar-refractivity contribution in [2.45, 2.75) is 0 Å². The number of amides is 1. The molecule has 0 unspecified atom stereocenters. The molecule has 0 bridgehead atoms. The molecule has 18 heavy (non-hydrogen) atoms. The number of carbonyl (C=O) groups excluding carboxylic acids is 1. The number of nitrogens with one attached hydrogen (secondary N) is 2. The Labute approximate surface area is 110 Å². The minimum Gasteiger partial charge on any atom is -0.457 e. The molecule has 1 amide bonds. The molecular weight excluding hydrogens is 298 g/mol. The third-order valence-electron chi connectivity index (χ3n) is 2.60. The van der Waals surface area contributed by atoms with Gasteiger partial charge in [-0.3, -0.25) is 9.89 Å². The SMILES string of the molecule is O=C(Nc1cccc2[nH]ncc12)c1ccoc1Br. The monoisotopic (exact) mass is 305 g/mol. The van der Waals surface area contributed by atoms with Gasteiger partial charge in [0.2, 0.25) is 0 Å². The first-order chi connectivity index (χ1) is 8.75. The van der Waals surface area contributed by atoms with Crippen LogP contribution in [0.15, 0.2) is 45.8 Å². The second-order valence-corrected chi connectivity index (χ2v) is 4.42. The lowest BCUT2D eigenvalue weighted by atomic mass is 10.2.